The monoisotopic (exact) mass is 370 g/mol. The van der Waals surface area contributed by atoms with Gasteiger partial charge in [0.2, 0.25) is 0 Å². The maximum atomic E-state index is 12.2. The first-order valence-electron chi connectivity index (χ1n) is 5.88. The van der Waals surface area contributed by atoms with E-state index in [1.165, 1.54) is 0 Å². The molecule has 0 amide bonds. The number of hydrogen-bond donors (Lipinski definition) is 0. The summed E-state index contributed by atoms with van der Waals surface area (Å²) in [6, 6.07) is 5.95. The Kier molecular flexibility index (Phi) is 4.24. The van der Waals surface area contributed by atoms with Crippen LogP contribution < -0.4 is 10.3 Å². The molecule has 0 aliphatic carbocycles. The van der Waals surface area contributed by atoms with Crippen LogP contribution in [0.3, 0.4) is 0 Å². The van der Waals surface area contributed by atoms with Gasteiger partial charge in [-0.1, -0.05) is 17.7 Å². The van der Waals surface area contributed by atoms with Crippen molar-refractivity contribution in [3.8, 4) is 5.75 Å². The molecule has 0 N–H and O–H groups in total. The van der Waals surface area contributed by atoms with Crippen LogP contribution in [0, 0.1) is 17.4 Å². The van der Waals surface area contributed by atoms with Crippen LogP contribution in [0.4, 0.5) is 0 Å². The van der Waals surface area contributed by atoms with Crippen LogP contribution in [0.25, 0.3) is 0 Å². The van der Waals surface area contributed by atoms with Crippen LogP contribution in [-0.2, 0) is 6.54 Å². The Hall–Kier alpha value is -1.37. The molecule has 1 aromatic heterocycles. The highest BCUT2D eigenvalue weighted by Crippen LogP contribution is 2.20. The summed E-state index contributed by atoms with van der Waals surface area (Å²) in [6.07, 6.45) is 1.60. The molecule has 4 nitrogen and oxygen atoms in total. The number of aromatic nitrogens is 2. The fraction of sp³-hybridized carbons (Fsp3) is 0.286. The Bertz CT molecular complexity index is 665. The van der Waals surface area contributed by atoms with E-state index in [9.17, 15) is 4.79 Å². The van der Waals surface area contributed by atoms with E-state index in [-0.39, 0.29) is 5.56 Å². The van der Waals surface area contributed by atoms with Gasteiger partial charge < -0.3 is 4.74 Å². The van der Waals surface area contributed by atoms with Crippen LogP contribution in [0.5, 0.6) is 5.75 Å². The number of rotatable bonds is 3. The standard InChI is InChI=1S/C14H15IN2O2/c1-9-4-5-13(19-3)11(6-9)8-17-10(2)16-7-12(15)14(17)18/h4-7H,8H2,1-3H3. The fourth-order valence-electron chi connectivity index (χ4n) is 1.94. The summed E-state index contributed by atoms with van der Waals surface area (Å²) in [6.45, 7) is 4.32. The lowest BCUT2D eigenvalue weighted by Crippen LogP contribution is -2.26. The first-order chi connectivity index (χ1) is 9.02. The van der Waals surface area contributed by atoms with E-state index in [0.717, 1.165) is 16.9 Å². The van der Waals surface area contributed by atoms with Crippen molar-refractivity contribution in [3.05, 3.63) is 55.3 Å². The lowest BCUT2D eigenvalue weighted by atomic mass is 10.1. The molecule has 100 valence electrons. The fourth-order valence-corrected chi connectivity index (χ4v) is 2.37. The summed E-state index contributed by atoms with van der Waals surface area (Å²) >= 11 is 2.01. The minimum atomic E-state index is -0.0170. The number of benzene rings is 1. The molecule has 0 saturated carbocycles. The van der Waals surface area contributed by atoms with Crippen molar-refractivity contribution in [1.82, 2.24) is 9.55 Å². The number of ether oxygens (including phenoxy) is 1. The molecule has 2 aromatic rings. The van der Waals surface area contributed by atoms with Crippen LogP contribution >= 0.6 is 22.6 Å². The number of nitrogens with zero attached hydrogens (tertiary/aromatic N) is 2. The van der Waals surface area contributed by atoms with Crippen LogP contribution in [0.1, 0.15) is 17.0 Å². The van der Waals surface area contributed by atoms with Crippen molar-refractivity contribution >= 4 is 22.6 Å². The zero-order valence-electron chi connectivity index (χ0n) is 11.1. The number of methoxy groups -OCH3 is 1. The molecule has 0 fully saturated rings. The molecule has 0 saturated heterocycles. The first-order valence-corrected chi connectivity index (χ1v) is 6.96. The summed E-state index contributed by atoms with van der Waals surface area (Å²) < 4.78 is 7.63. The van der Waals surface area contributed by atoms with Gasteiger partial charge in [-0.2, -0.15) is 0 Å². The van der Waals surface area contributed by atoms with Crippen molar-refractivity contribution in [2.75, 3.05) is 7.11 Å². The van der Waals surface area contributed by atoms with Gasteiger partial charge in [-0.25, -0.2) is 4.98 Å². The van der Waals surface area contributed by atoms with E-state index in [0.29, 0.717) is 15.9 Å². The Morgan fingerprint density at radius 3 is 2.79 bits per heavy atom. The molecule has 1 heterocycles. The smallest absolute Gasteiger partial charge is 0.267 e. The van der Waals surface area contributed by atoms with Gasteiger partial charge in [0.25, 0.3) is 5.56 Å². The van der Waals surface area contributed by atoms with Gasteiger partial charge >= 0.3 is 0 Å². The molecule has 0 unspecified atom stereocenters. The number of aryl methyl sites for hydroxylation is 2. The molecule has 1 aromatic carbocycles. The summed E-state index contributed by atoms with van der Waals surface area (Å²) in [5, 5.41) is 0. The molecule has 0 atom stereocenters. The zero-order chi connectivity index (χ0) is 14.0. The summed E-state index contributed by atoms with van der Waals surface area (Å²) in [5.74, 6) is 1.49. The average molecular weight is 370 g/mol. The minimum Gasteiger partial charge on any atom is -0.496 e. The van der Waals surface area contributed by atoms with Gasteiger partial charge in [-0.05, 0) is 42.5 Å². The predicted molar refractivity (Wildman–Crippen MR) is 82.8 cm³/mol. The number of hydrogen-bond acceptors (Lipinski definition) is 3. The third kappa shape index (κ3) is 2.97. The minimum absolute atomic E-state index is 0.0170. The normalized spacial score (nSPS) is 10.5. The molecule has 2 rings (SSSR count). The largest absolute Gasteiger partial charge is 0.496 e. The van der Waals surface area contributed by atoms with Gasteiger partial charge in [0.05, 0.1) is 17.2 Å². The maximum Gasteiger partial charge on any atom is 0.267 e. The summed E-state index contributed by atoms with van der Waals surface area (Å²) in [4.78, 5) is 16.4. The molecule has 19 heavy (non-hydrogen) atoms. The molecule has 0 spiro atoms. The highest BCUT2D eigenvalue weighted by atomic mass is 127. The van der Waals surface area contributed by atoms with Crippen molar-refractivity contribution in [2.24, 2.45) is 0 Å². The van der Waals surface area contributed by atoms with Gasteiger partial charge in [0.15, 0.2) is 0 Å². The van der Waals surface area contributed by atoms with E-state index >= 15 is 0 Å². The van der Waals surface area contributed by atoms with Crippen LogP contribution in [0.15, 0.2) is 29.2 Å². The third-order valence-corrected chi connectivity index (χ3v) is 3.71. The Morgan fingerprint density at radius 1 is 1.37 bits per heavy atom. The highest BCUT2D eigenvalue weighted by Gasteiger charge is 2.09. The molecule has 0 radical (unpaired) electrons. The Morgan fingerprint density at radius 2 is 2.11 bits per heavy atom. The SMILES string of the molecule is COc1ccc(C)cc1Cn1c(C)ncc(I)c1=O. The molecular formula is C14H15IN2O2. The van der Waals surface area contributed by atoms with E-state index in [1.54, 1.807) is 17.9 Å². The lowest BCUT2D eigenvalue weighted by molar-refractivity contribution is 0.407. The second-order valence-electron chi connectivity index (χ2n) is 4.36. The second kappa shape index (κ2) is 5.73. The summed E-state index contributed by atoms with van der Waals surface area (Å²) in [7, 11) is 1.64. The predicted octanol–water partition coefficient (Wildman–Crippen LogP) is 2.52. The first kappa shape index (κ1) is 14.0. The third-order valence-electron chi connectivity index (χ3n) is 2.97. The topological polar surface area (TPSA) is 44.1 Å². The van der Waals surface area contributed by atoms with Crippen molar-refractivity contribution in [3.63, 3.8) is 0 Å². The lowest BCUT2D eigenvalue weighted by Gasteiger charge is -2.13. The van der Waals surface area contributed by atoms with Crippen molar-refractivity contribution in [1.29, 1.82) is 0 Å². The molecule has 0 bridgehead atoms. The van der Waals surface area contributed by atoms with Crippen molar-refractivity contribution < 1.29 is 4.74 Å². The maximum absolute atomic E-state index is 12.2. The molecular weight excluding hydrogens is 355 g/mol. The number of halogens is 1. The molecule has 0 aliphatic heterocycles. The highest BCUT2D eigenvalue weighted by molar-refractivity contribution is 14.1. The summed E-state index contributed by atoms with van der Waals surface area (Å²) in [5.41, 5.74) is 2.10. The van der Waals surface area contributed by atoms with Crippen LogP contribution in [0.2, 0.25) is 0 Å². The van der Waals surface area contributed by atoms with Gasteiger partial charge in [-0.3, -0.25) is 9.36 Å². The van der Waals surface area contributed by atoms with E-state index in [1.807, 2.05) is 54.6 Å². The Labute approximate surface area is 125 Å². The van der Waals surface area contributed by atoms with Crippen molar-refractivity contribution in [2.45, 2.75) is 20.4 Å². The van der Waals surface area contributed by atoms with Gasteiger partial charge in [0.1, 0.15) is 11.6 Å². The van der Waals surface area contributed by atoms with Crippen LogP contribution in [-0.4, -0.2) is 16.7 Å². The van der Waals surface area contributed by atoms with Gasteiger partial charge in [-0.15, -0.1) is 0 Å². The van der Waals surface area contributed by atoms with Gasteiger partial charge in [0, 0.05) is 11.8 Å². The van der Waals surface area contributed by atoms with E-state index in [4.69, 9.17) is 4.74 Å². The van der Waals surface area contributed by atoms with E-state index < -0.39 is 0 Å². The second-order valence-corrected chi connectivity index (χ2v) is 5.52. The quantitative estimate of drug-likeness (QED) is 0.780. The molecule has 5 heteroatoms. The Balaban J connectivity index is 2.50. The zero-order valence-corrected chi connectivity index (χ0v) is 13.3. The average Bonchev–Trinajstić information content (AvgIpc) is 2.39. The van der Waals surface area contributed by atoms with E-state index in [2.05, 4.69) is 4.98 Å². The molecule has 0 aliphatic rings.